The maximum absolute atomic E-state index is 13.2. The van der Waals surface area contributed by atoms with Crippen molar-refractivity contribution in [2.45, 2.75) is 12.5 Å². The van der Waals surface area contributed by atoms with Gasteiger partial charge in [-0.05, 0) is 36.2 Å². The number of likely N-dealkylation sites (tertiary alicyclic amines) is 1. The Morgan fingerprint density at radius 1 is 1.03 bits per heavy atom. The van der Waals surface area contributed by atoms with Crippen molar-refractivity contribution in [1.82, 2.24) is 9.80 Å². The van der Waals surface area contributed by atoms with Crippen LogP contribution in [0.3, 0.4) is 0 Å². The van der Waals surface area contributed by atoms with Gasteiger partial charge >= 0.3 is 5.97 Å². The monoisotopic (exact) mass is 494 g/mol. The van der Waals surface area contributed by atoms with Gasteiger partial charge in [-0.25, -0.2) is 4.79 Å². The quantitative estimate of drug-likeness (QED) is 0.258. The van der Waals surface area contributed by atoms with E-state index < -0.39 is 23.7 Å². The highest BCUT2D eigenvalue weighted by atomic mass is 16.5. The van der Waals surface area contributed by atoms with E-state index in [-0.39, 0.29) is 11.3 Å². The molecule has 0 bridgehead atoms. The van der Waals surface area contributed by atoms with Crippen LogP contribution in [-0.4, -0.2) is 86.2 Å². The molecule has 0 aromatic heterocycles. The van der Waals surface area contributed by atoms with Gasteiger partial charge in [0.1, 0.15) is 11.5 Å². The summed E-state index contributed by atoms with van der Waals surface area (Å²) in [5.41, 5.74) is 1.33. The number of benzene rings is 2. The molecule has 9 nitrogen and oxygen atoms in total. The number of ether oxygens (including phenoxy) is 3. The fourth-order valence-electron chi connectivity index (χ4n) is 4.59. The van der Waals surface area contributed by atoms with E-state index in [4.69, 9.17) is 14.2 Å². The molecule has 190 valence electrons. The van der Waals surface area contributed by atoms with Crippen molar-refractivity contribution in [3.63, 3.8) is 0 Å². The highest BCUT2D eigenvalue weighted by Gasteiger charge is 2.45. The van der Waals surface area contributed by atoms with Gasteiger partial charge in [-0.3, -0.25) is 14.5 Å². The predicted octanol–water partition coefficient (Wildman–Crippen LogP) is 2.63. The molecular formula is C27H30N2O7. The van der Waals surface area contributed by atoms with Gasteiger partial charge in [-0.15, -0.1) is 0 Å². The summed E-state index contributed by atoms with van der Waals surface area (Å²) in [4.78, 5) is 42.0. The number of Topliss-reactive ketones (excluding diaryl/α,β-unsaturated/α-hetero) is 1. The first kappa shape index (κ1) is 25.4. The van der Waals surface area contributed by atoms with E-state index in [0.717, 1.165) is 19.6 Å². The second-order valence-electron chi connectivity index (χ2n) is 8.65. The van der Waals surface area contributed by atoms with Crippen LogP contribution in [-0.2, 0) is 19.1 Å². The Hall–Kier alpha value is -3.69. The number of aliphatic hydroxyl groups excluding tert-OH is 1. The van der Waals surface area contributed by atoms with Gasteiger partial charge in [-0.1, -0.05) is 24.3 Å². The van der Waals surface area contributed by atoms with Crippen molar-refractivity contribution in [2.24, 2.45) is 0 Å². The van der Waals surface area contributed by atoms with Crippen LogP contribution in [0.2, 0.25) is 0 Å². The van der Waals surface area contributed by atoms with Gasteiger partial charge in [0.05, 0.1) is 44.6 Å². The molecule has 0 radical (unpaired) electrons. The van der Waals surface area contributed by atoms with Crippen molar-refractivity contribution in [2.75, 3.05) is 53.6 Å². The van der Waals surface area contributed by atoms with Crippen LogP contribution in [0.4, 0.5) is 0 Å². The number of methoxy groups -OCH3 is 2. The molecule has 2 saturated heterocycles. The molecule has 2 fully saturated rings. The number of esters is 1. The van der Waals surface area contributed by atoms with Crippen LogP contribution in [0.25, 0.3) is 5.76 Å². The van der Waals surface area contributed by atoms with Crippen LogP contribution in [0.1, 0.15) is 33.9 Å². The van der Waals surface area contributed by atoms with Crippen molar-refractivity contribution < 1.29 is 33.7 Å². The van der Waals surface area contributed by atoms with E-state index in [1.807, 2.05) is 0 Å². The minimum absolute atomic E-state index is 0.00504. The summed E-state index contributed by atoms with van der Waals surface area (Å²) in [6.45, 7) is 4.10. The molecule has 1 N–H and O–H groups in total. The van der Waals surface area contributed by atoms with Crippen molar-refractivity contribution in [1.29, 1.82) is 0 Å². The minimum atomic E-state index is -0.799. The van der Waals surface area contributed by atoms with Gasteiger partial charge < -0.3 is 24.2 Å². The number of nitrogens with zero attached hydrogens (tertiary/aromatic N) is 2. The molecule has 2 heterocycles. The van der Waals surface area contributed by atoms with Crippen LogP contribution in [0.15, 0.2) is 54.1 Å². The van der Waals surface area contributed by atoms with E-state index in [2.05, 4.69) is 4.90 Å². The van der Waals surface area contributed by atoms with E-state index in [1.165, 1.54) is 19.1 Å². The smallest absolute Gasteiger partial charge is 0.337 e. The molecule has 0 aliphatic carbocycles. The summed E-state index contributed by atoms with van der Waals surface area (Å²) in [6, 6.07) is 12.4. The Kier molecular flexibility index (Phi) is 8.02. The SMILES string of the molecule is COC(=O)c1ccc([C@H]2C(=C(O)c3cccc(OC)c3)C(=O)C(=O)N2CCCN2CCOCC2)cc1. The van der Waals surface area contributed by atoms with Crippen molar-refractivity contribution in [3.05, 3.63) is 70.8 Å². The molecule has 0 unspecified atom stereocenters. The highest BCUT2D eigenvalue weighted by Crippen LogP contribution is 2.40. The van der Waals surface area contributed by atoms with Gasteiger partial charge in [0.15, 0.2) is 0 Å². The third kappa shape index (κ3) is 5.27. The summed E-state index contributed by atoms with van der Waals surface area (Å²) >= 11 is 0. The Balaban J connectivity index is 1.69. The topological polar surface area (TPSA) is 106 Å². The molecule has 4 rings (SSSR count). The zero-order valence-electron chi connectivity index (χ0n) is 20.4. The predicted molar refractivity (Wildman–Crippen MR) is 132 cm³/mol. The summed E-state index contributed by atoms with van der Waals surface area (Å²) < 4.78 is 15.4. The first-order chi connectivity index (χ1) is 17.4. The Morgan fingerprint density at radius 3 is 2.42 bits per heavy atom. The fraction of sp³-hybridized carbons (Fsp3) is 0.370. The average Bonchev–Trinajstić information content (AvgIpc) is 3.18. The lowest BCUT2D eigenvalue weighted by Crippen LogP contribution is -2.39. The van der Waals surface area contributed by atoms with Gasteiger partial charge in [0, 0.05) is 31.7 Å². The zero-order valence-corrected chi connectivity index (χ0v) is 20.4. The first-order valence-electron chi connectivity index (χ1n) is 11.9. The number of carbonyl (C=O) groups is 3. The summed E-state index contributed by atoms with van der Waals surface area (Å²) in [5, 5.41) is 11.2. The lowest BCUT2D eigenvalue weighted by Gasteiger charge is -2.29. The normalized spacial score (nSPS) is 19.9. The standard InChI is InChI=1S/C27H30N2O7/c1-34-21-6-3-5-20(17-21)24(30)22-23(18-7-9-19(10-8-18)27(33)35-2)29(26(32)25(22)31)12-4-11-28-13-15-36-16-14-28/h3,5-10,17,23,30H,4,11-16H2,1-2H3/t23-/m0/s1. The third-order valence-corrected chi connectivity index (χ3v) is 6.51. The van der Waals surface area contributed by atoms with Crippen LogP contribution in [0, 0.1) is 0 Å². The maximum Gasteiger partial charge on any atom is 0.337 e. The van der Waals surface area contributed by atoms with Crippen molar-refractivity contribution in [3.8, 4) is 5.75 Å². The molecule has 1 atom stereocenters. The van der Waals surface area contributed by atoms with E-state index in [1.54, 1.807) is 48.5 Å². The minimum Gasteiger partial charge on any atom is -0.507 e. The van der Waals surface area contributed by atoms with Gasteiger partial charge in [-0.2, -0.15) is 0 Å². The number of ketones is 1. The molecule has 0 saturated carbocycles. The number of carbonyl (C=O) groups excluding carboxylic acids is 3. The van der Waals surface area contributed by atoms with Crippen LogP contribution < -0.4 is 4.74 Å². The molecule has 0 spiro atoms. The van der Waals surface area contributed by atoms with E-state index in [0.29, 0.717) is 48.6 Å². The first-order valence-corrected chi connectivity index (χ1v) is 11.9. The molecule has 2 aliphatic heterocycles. The molecule has 36 heavy (non-hydrogen) atoms. The van der Waals surface area contributed by atoms with Crippen LogP contribution in [0.5, 0.6) is 5.75 Å². The summed E-state index contributed by atoms with van der Waals surface area (Å²) in [6.07, 6.45) is 0.656. The lowest BCUT2D eigenvalue weighted by atomic mass is 9.94. The number of morpholine rings is 1. The maximum atomic E-state index is 13.2. The molecule has 2 aliphatic rings. The zero-order chi connectivity index (χ0) is 25.7. The molecule has 1 amide bonds. The van der Waals surface area contributed by atoms with E-state index in [9.17, 15) is 19.5 Å². The highest BCUT2D eigenvalue weighted by molar-refractivity contribution is 6.46. The van der Waals surface area contributed by atoms with Gasteiger partial charge in [0.2, 0.25) is 0 Å². The molecule has 2 aromatic carbocycles. The summed E-state index contributed by atoms with van der Waals surface area (Å²) in [5.74, 6) is -1.66. The second-order valence-corrected chi connectivity index (χ2v) is 8.65. The molecule has 2 aromatic rings. The molecule has 9 heteroatoms. The third-order valence-electron chi connectivity index (χ3n) is 6.51. The average molecular weight is 495 g/mol. The number of hydrogen-bond donors (Lipinski definition) is 1. The second kappa shape index (κ2) is 11.4. The van der Waals surface area contributed by atoms with Gasteiger partial charge in [0.25, 0.3) is 11.7 Å². The number of amides is 1. The Labute approximate surface area is 209 Å². The number of rotatable bonds is 8. The lowest BCUT2D eigenvalue weighted by molar-refractivity contribution is -0.140. The number of aliphatic hydroxyl groups is 1. The summed E-state index contributed by atoms with van der Waals surface area (Å²) in [7, 11) is 2.81. The fourth-order valence-corrected chi connectivity index (χ4v) is 4.59. The number of hydrogen-bond acceptors (Lipinski definition) is 8. The Bertz CT molecular complexity index is 1150. The largest absolute Gasteiger partial charge is 0.507 e. The Morgan fingerprint density at radius 2 is 1.75 bits per heavy atom. The van der Waals surface area contributed by atoms with Crippen molar-refractivity contribution >= 4 is 23.4 Å². The van der Waals surface area contributed by atoms with E-state index >= 15 is 0 Å². The molecular weight excluding hydrogens is 464 g/mol. The van der Waals surface area contributed by atoms with Crippen LogP contribution >= 0.6 is 0 Å².